The lowest BCUT2D eigenvalue weighted by Crippen LogP contribution is -2.34. The van der Waals surface area contributed by atoms with Gasteiger partial charge in [-0.15, -0.1) is 0 Å². The second-order valence-electron chi connectivity index (χ2n) is 6.58. The van der Waals surface area contributed by atoms with E-state index in [9.17, 15) is 4.79 Å². The van der Waals surface area contributed by atoms with Crippen LogP contribution in [0.25, 0.3) is 0 Å². The Kier molecular flexibility index (Phi) is 8.25. The van der Waals surface area contributed by atoms with Crippen molar-refractivity contribution >= 4 is 5.91 Å². The normalized spacial score (nSPS) is 13.4. The Morgan fingerprint density at radius 1 is 1.22 bits per heavy atom. The van der Waals surface area contributed by atoms with Crippen LogP contribution in [0.1, 0.15) is 59.8 Å². The Morgan fingerprint density at radius 3 is 2.28 bits per heavy atom. The molecular formula is C15H32N2O. The third-order valence-corrected chi connectivity index (χ3v) is 3.18. The Morgan fingerprint density at radius 2 is 1.83 bits per heavy atom. The van der Waals surface area contributed by atoms with Crippen LogP contribution in [0.15, 0.2) is 0 Å². The fraction of sp³-hybridized carbons (Fsp3) is 0.933. The molecule has 0 bridgehead atoms. The van der Waals surface area contributed by atoms with Crippen molar-refractivity contribution < 1.29 is 4.79 Å². The Bertz CT molecular complexity index is 227. The average Bonchev–Trinajstić information content (AvgIpc) is 2.23. The molecule has 0 heterocycles. The smallest absolute Gasteiger partial charge is 0.222 e. The van der Waals surface area contributed by atoms with Crippen LogP contribution in [-0.4, -0.2) is 30.9 Å². The average molecular weight is 256 g/mol. The Labute approximate surface area is 113 Å². The van der Waals surface area contributed by atoms with Crippen molar-refractivity contribution in [3.8, 4) is 0 Å². The summed E-state index contributed by atoms with van der Waals surface area (Å²) >= 11 is 0. The number of nitrogens with zero attached hydrogens (tertiary/aromatic N) is 1. The number of hydrogen-bond acceptors (Lipinski definition) is 2. The summed E-state index contributed by atoms with van der Waals surface area (Å²) in [6.45, 7) is 10.2. The minimum Gasteiger partial charge on any atom is -0.345 e. The summed E-state index contributed by atoms with van der Waals surface area (Å²) in [6.07, 6.45) is 5.06. The molecule has 3 nitrogen and oxygen atoms in total. The summed E-state index contributed by atoms with van der Waals surface area (Å²) < 4.78 is 0. The first kappa shape index (κ1) is 17.4. The van der Waals surface area contributed by atoms with Crippen LogP contribution in [0.5, 0.6) is 0 Å². The molecule has 0 saturated carbocycles. The van der Waals surface area contributed by atoms with Crippen molar-refractivity contribution in [3.63, 3.8) is 0 Å². The van der Waals surface area contributed by atoms with Crippen LogP contribution in [0.4, 0.5) is 0 Å². The van der Waals surface area contributed by atoms with Gasteiger partial charge in [0, 0.05) is 20.0 Å². The second kappa shape index (κ2) is 8.52. The van der Waals surface area contributed by atoms with Crippen molar-refractivity contribution in [2.45, 2.75) is 59.8 Å². The van der Waals surface area contributed by atoms with Gasteiger partial charge in [-0.3, -0.25) is 4.79 Å². The van der Waals surface area contributed by atoms with E-state index in [4.69, 9.17) is 5.73 Å². The van der Waals surface area contributed by atoms with Gasteiger partial charge in [0.1, 0.15) is 0 Å². The predicted molar refractivity (Wildman–Crippen MR) is 78.4 cm³/mol. The van der Waals surface area contributed by atoms with Gasteiger partial charge in [-0.2, -0.15) is 0 Å². The number of carbonyl (C=O) groups is 1. The molecule has 1 unspecified atom stereocenters. The molecule has 18 heavy (non-hydrogen) atoms. The van der Waals surface area contributed by atoms with Gasteiger partial charge in [-0.25, -0.2) is 0 Å². The van der Waals surface area contributed by atoms with Gasteiger partial charge in [0.25, 0.3) is 0 Å². The molecule has 0 aromatic carbocycles. The largest absolute Gasteiger partial charge is 0.345 e. The summed E-state index contributed by atoms with van der Waals surface area (Å²) in [7, 11) is 1.91. The lowest BCUT2D eigenvalue weighted by atomic mass is 9.93. The molecule has 0 aliphatic rings. The quantitative estimate of drug-likeness (QED) is 0.725. The molecule has 0 spiro atoms. The molecule has 0 rings (SSSR count). The zero-order valence-corrected chi connectivity index (χ0v) is 13.0. The van der Waals surface area contributed by atoms with E-state index in [0.29, 0.717) is 12.3 Å². The first-order valence-corrected chi connectivity index (χ1v) is 7.24. The van der Waals surface area contributed by atoms with Gasteiger partial charge in [0.15, 0.2) is 0 Å². The van der Waals surface area contributed by atoms with E-state index in [1.165, 1.54) is 12.8 Å². The molecule has 0 aromatic rings. The van der Waals surface area contributed by atoms with Crippen LogP contribution in [0.3, 0.4) is 0 Å². The molecule has 0 aliphatic heterocycles. The maximum atomic E-state index is 12.0. The minimum atomic E-state index is 0.171. The molecule has 0 saturated heterocycles. The van der Waals surface area contributed by atoms with E-state index in [1.807, 2.05) is 11.9 Å². The summed E-state index contributed by atoms with van der Waals surface area (Å²) in [5.41, 5.74) is 5.78. The van der Waals surface area contributed by atoms with Crippen LogP contribution in [0.2, 0.25) is 0 Å². The Balaban J connectivity index is 4.06. The molecule has 2 N–H and O–H groups in total. The molecule has 108 valence electrons. The number of amides is 1. The van der Waals surface area contributed by atoms with E-state index >= 15 is 0 Å². The van der Waals surface area contributed by atoms with E-state index in [2.05, 4.69) is 27.7 Å². The fourth-order valence-corrected chi connectivity index (χ4v) is 2.40. The van der Waals surface area contributed by atoms with E-state index < -0.39 is 0 Å². The van der Waals surface area contributed by atoms with Gasteiger partial charge in [-0.1, -0.05) is 40.5 Å². The summed E-state index contributed by atoms with van der Waals surface area (Å²) in [5, 5.41) is 0. The standard InChI is InChI=1S/C15H32N2O/c1-6-7-13(10-11-16)8-9-14(18)17(5)12-15(2,3)4/h13H,6-12,16H2,1-5H3. The van der Waals surface area contributed by atoms with Crippen molar-refractivity contribution in [3.05, 3.63) is 0 Å². The summed E-state index contributed by atoms with van der Waals surface area (Å²) in [5.74, 6) is 0.884. The van der Waals surface area contributed by atoms with Crippen LogP contribution >= 0.6 is 0 Å². The molecule has 1 atom stereocenters. The third kappa shape index (κ3) is 8.51. The minimum absolute atomic E-state index is 0.171. The highest BCUT2D eigenvalue weighted by atomic mass is 16.2. The molecule has 3 heteroatoms. The summed E-state index contributed by atoms with van der Waals surface area (Å²) in [6, 6.07) is 0. The highest BCUT2D eigenvalue weighted by Gasteiger charge is 2.18. The van der Waals surface area contributed by atoms with E-state index in [-0.39, 0.29) is 11.3 Å². The Hall–Kier alpha value is -0.570. The SMILES string of the molecule is CCCC(CCN)CCC(=O)N(C)CC(C)(C)C. The van der Waals surface area contributed by atoms with Gasteiger partial charge in [0.2, 0.25) is 5.91 Å². The maximum absolute atomic E-state index is 12.0. The van der Waals surface area contributed by atoms with Crippen LogP contribution < -0.4 is 5.73 Å². The van der Waals surface area contributed by atoms with Crippen molar-refractivity contribution in [2.75, 3.05) is 20.1 Å². The van der Waals surface area contributed by atoms with E-state index in [0.717, 1.165) is 25.9 Å². The topological polar surface area (TPSA) is 46.3 Å². The highest BCUT2D eigenvalue weighted by molar-refractivity contribution is 5.75. The predicted octanol–water partition coefficient (Wildman–Crippen LogP) is 3.04. The van der Waals surface area contributed by atoms with Gasteiger partial charge in [-0.05, 0) is 30.7 Å². The first-order chi connectivity index (χ1) is 8.30. The zero-order chi connectivity index (χ0) is 14.2. The van der Waals surface area contributed by atoms with Crippen molar-refractivity contribution in [1.29, 1.82) is 0 Å². The number of nitrogens with two attached hydrogens (primary N) is 1. The van der Waals surface area contributed by atoms with Crippen LogP contribution in [-0.2, 0) is 4.79 Å². The molecule has 0 aromatic heterocycles. The zero-order valence-electron chi connectivity index (χ0n) is 13.0. The lowest BCUT2D eigenvalue weighted by Gasteiger charge is -2.27. The lowest BCUT2D eigenvalue weighted by molar-refractivity contribution is -0.131. The van der Waals surface area contributed by atoms with Gasteiger partial charge in [0.05, 0.1) is 0 Å². The molecule has 1 amide bonds. The van der Waals surface area contributed by atoms with Gasteiger partial charge < -0.3 is 10.6 Å². The molecule has 0 aliphatic carbocycles. The van der Waals surface area contributed by atoms with Crippen LogP contribution in [0, 0.1) is 11.3 Å². The summed E-state index contributed by atoms with van der Waals surface area (Å²) in [4.78, 5) is 13.9. The number of carbonyl (C=O) groups excluding carboxylic acids is 1. The molecular weight excluding hydrogens is 224 g/mol. The van der Waals surface area contributed by atoms with E-state index in [1.54, 1.807) is 0 Å². The molecule has 0 fully saturated rings. The van der Waals surface area contributed by atoms with Gasteiger partial charge >= 0.3 is 0 Å². The van der Waals surface area contributed by atoms with Crippen molar-refractivity contribution in [2.24, 2.45) is 17.1 Å². The highest BCUT2D eigenvalue weighted by Crippen LogP contribution is 2.19. The first-order valence-electron chi connectivity index (χ1n) is 7.24. The fourth-order valence-electron chi connectivity index (χ4n) is 2.40. The number of rotatable bonds is 8. The number of hydrogen-bond donors (Lipinski definition) is 1. The van der Waals surface area contributed by atoms with Crippen molar-refractivity contribution in [1.82, 2.24) is 4.90 Å². The second-order valence-corrected chi connectivity index (χ2v) is 6.58. The third-order valence-electron chi connectivity index (χ3n) is 3.18. The monoisotopic (exact) mass is 256 g/mol. The maximum Gasteiger partial charge on any atom is 0.222 e. The molecule has 0 radical (unpaired) electrons.